The Morgan fingerprint density at radius 3 is 1.07 bits per heavy atom. The second-order valence-corrected chi connectivity index (χ2v) is 67.3. The van der Waals surface area contributed by atoms with Crippen molar-refractivity contribution in [3.05, 3.63) is 42.0 Å². The zero-order valence-electron chi connectivity index (χ0n) is 40.5. The van der Waals surface area contributed by atoms with E-state index >= 15 is 0 Å². The average Bonchev–Trinajstić information content (AvgIpc) is 2.96. The minimum absolute atomic E-state index is 0.496. The fourth-order valence-electron chi connectivity index (χ4n) is 6.06. The highest BCUT2D eigenvalue weighted by atomic mass is 28.5. The summed E-state index contributed by atoms with van der Waals surface area (Å²) in [6.45, 7) is 52.2. The highest BCUT2D eigenvalue weighted by molar-refractivity contribution is 6.93. The molecular formula is C37H86O8Si12. The zero-order valence-corrected chi connectivity index (χ0v) is 52.5. The van der Waals surface area contributed by atoms with E-state index in [1.54, 1.807) is 0 Å². The Hall–Kier alpha value is 1.24. The quantitative estimate of drug-likeness (QED) is 0.0581. The highest BCUT2D eigenvalue weighted by Gasteiger charge is 2.55. The van der Waals surface area contributed by atoms with E-state index in [-0.39, 0.29) is 0 Å². The SMILES string of the molecule is C=Cc1ccc(CC[Si](O[Si](C)(C)CC[Si]O[Si](C)(C)C)(O[Si](C)(C)CC[Si]O[Si](C)(C)C)O[Si](C)(C)CC[Si](O[Si](C)(C)C)(O[Si](C)(C)C)O[Si](C)(C)C)cc1. The first-order valence-electron chi connectivity index (χ1n) is 21.1. The highest BCUT2D eigenvalue weighted by Crippen LogP contribution is 2.37. The summed E-state index contributed by atoms with van der Waals surface area (Å²) in [5, 5.41) is 0. The summed E-state index contributed by atoms with van der Waals surface area (Å²) < 4.78 is 57.3. The van der Waals surface area contributed by atoms with Crippen LogP contribution in [0.2, 0.25) is 180 Å². The first-order chi connectivity index (χ1) is 25.4. The summed E-state index contributed by atoms with van der Waals surface area (Å²) in [5.41, 5.74) is 2.39. The van der Waals surface area contributed by atoms with Crippen molar-refractivity contribution in [3.8, 4) is 0 Å². The first kappa shape index (κ1) is 56.3. The van der Waals surface area contributed by atoms with Crippen molar-refractivity contribution in [2.24, 2.45) is 0 Å². The lowest BCUT2D eigenvalue weighted by Gasteiger charge is -2.46. The lowest BCUT2D eigenvalue weighted by atomic mass is 10.1. The number of hydrogen-bond donors (Lipinski definition) is 0. The topological polar surface area (TPSA) is 73.8 Å². The van der Waals surface area contributed by atoms with E-state index in [2.05, 4.69) is 168 Å². The smallest absolute Gasteiger partial charge is 0.456 e. The third kappa shape index (κ3) is 27.1. The molecule has 8 nitrogen and oxygen atoms in total. The number of aryl methyl sites for hydroxylation is 1. The molecule has 0 N–H and O–H groups in total. The van der Waals surface area contributed by atoms with Gasteiger partial charge >= 0.3 is 17.6 Å². The van der Waals surface area contributed by atoms with Crippen molar-refractivity contribution in [2.45, 2.75) is 186 Å². The Labute approximate surface area is 368 Å². The summed E-state index contributed by atoms with van der Waals surface area (Å²) in [7, 11) is -21.8. The number of benzene rings is 1. The van der Waals surface area contributed by atoms with Crippen LogP contribution in [0.5, 0.6) is 0 Å². The molecule has 0 aromatic heterocycles. The molecule has 0 saturated heterocycles. The fraction of sp³-hybridized carbons (Fsp3) is 0.784. The van der Waals surface area contributed by atoms with Gasteiger partial charge in [-0.1, -0.05) is 36.9 Å². The molecule has 1 aromatic rings. The van der Waals surface area contributed by atoms with Crippen LogP contribution >= 0.6 is 0 Å². The maximum Gasteiger partial charge on any atom is 0.469 e. The van der Waals surface area contributed by atoms with Gasteiger partial charge in [0.25, 0.3) is 0 Å². The molecule has 0 heterocycles. The van der Waals surface area contributed by atoms with Crippen LogP contribution in [0.25, 0.3) is 6.08 Å². The van der Waals surface area contributed by atoms with Gasteiger partial charge in [-0.3, -0.25) is 0 Å². The van der Waals surface area contributed by atoms with Crippen LogP contribution in [0.4, 0.5) is 0 Å². The normalized spacial score (nSPS) is 14.7. The summed E-state index contributed by atoms with van der Waals surface area (Å²) in [4.78, 5) is 0. The molecule has 0 atom stereocenters. The van der Waals surface area contributed by atoms with Gasteiger partial charge in [0, 0.05) is 12.1 Å². The second kappa shape index (κ2) is 22.2. The third-order valence-corrected chi connectivity index (χ3v) is 44.1. The molecule has 0 unspecified atom stereocenters. The van der Waals surface area contributed by atoms with E-state index in [9.17, 15) is 0 Å². The van der Waals surface area contributed by atoms with Gasteiger partial charge in [0.15, 0.2) is 66.5 Å². The molecule has 57 heavy (non-hydrogen) atoms. The van der Waals surface area contributed by atoms with Crippen LogP contribution in [0, 0.1) is 0 Å². The maximum atomic E-state index is 7.80. The van der Waals surface area contributed by atoms with Crippen molar-refractivity contribution < 1.29 is 32.9 Å². The molecule has 0 saturated carbocycles. The molecule has 0 fully saturated rings. The van der Waals surface area contributed by atoms with Gasteiger partial charge in [-0.15, -0.1) is 0 Å². The van der Waals surface area contributed by atoms with Crippen molar-refractivity contribution in [3.63, 3.8) is 0 Å². The van der Waals surface area contributed by atoms with Gasteiger partial charge in [-0.25, -0.2) is 0 Å². The fourth-order valence-corrected chi connectivity index (χ4v) is 48.4. The first-order valence-corrected chi connectivity index (χ1v) is 53.6. The Bertz CT molecular complexity index is 1270. The number of hydrogen-bond acceptors (Lipinski definition) is 8. The molecule has 0 aliphatic rings. The summed E-state index contributed by atoms with van der Waals surface area (Å²) >= 11 is 0. The second-order valence-electron chi connectivity index (χ2n) is 22.3. The van der Waals surface area contributed by atoms with Crippen LogP contribution in [0.15, 0.2) is 30.8 Å². The van der Waals surface area contributed by atoms with Crippen LogP contribution in [-0.4, -0.2) is 104 Å². The lowest BCUT2D eigenvalue weighted by molar-refractivity contribution is 0.240. The van der Waals surface area contributed by atoms with E-state index < -0.39 is 84.1 Å². The van der Waals surface area contributed by atoms with E-state index in [0.717, 1.165) is 54.3 Å². The van der Waals surface area contributed by atoms with Crippen molar-refractivity contribution in [1.82, 2.24) is 0 Å². The van der Waals surface area contributed by atoms with E-state index in [1.165, 1.54) is 5.56 Å². The minimum Gasteiger partial charge on any atom is -0.456 e. The van der Waals surface area contributed by atoms with Crippen LogP contribution in [0.3, 0.4) is 0 Å². The van der Waals surface area contributed by atoms with Gasteiger partial charge in [0.05, 0.1) is 0 Å². The molecule has 0 amide bonds. The zero-order chi connectivity index (χ0) is 44.4. The standard InChI is InChI=1S/C37H86O8Si12/c1-23-36-24-26-37(27-25-36)28-31-56(43-53(17,18)32-29-46-38-48(2,3)4,44-54(19,20)33-30-47-39-49(5,6)7)45-55(21,22)34-35-57(40-50(8,9)10,41-51(11,12)13)42-52(14,15)16/h23-27H,1,28-35H2,2-22H3. The Morgan fingerprint density at radius 1 is 0.421 bits per heavy atom. The molecule has 20 heteroatoms. The van der Waals surface area contributed by atoms with Gasteiger partial charge in [-0.2, -0.15) is 0 Å². The van der Waals surface area contributed by atoms with Crippen molar-refractivity contribution >= 4 is 110 Å². The molecule has 1 aromatic carbocycles. The molecule has 0 aliphatic carbocycles. The Kier molecular flexibility index (Phi) is 21.9. The van der Waals surface area contributed by atoms with Crippen molar-refractivity contribution in [1.29, 1.82) is 0 Å². The van der Waals surface area contributed by atoms with E-state index in [4.69, 9.17) is 32.9 Å². The van der Waals surface area contributed by atoms with Gasteiger partial charge < -0.3 is 32.9 Å². The van der Waals surface area contributed by atoms with Crippen molar-refractivity contribution in [2.75, 3.05) is 0 Å². The molecule has 330 valence electrons. The summed E-state index contributed by atoms with van der Waals surface area (Å²) in [5.74, 6) is 0. The molecule has 4 radical (unpaired) electrons. The lowest BCUT2D eigenvalue weighted by Crippen LogP contribution is -2.63. The Balaban J connectivity index is 3.80. The van der Waals surface area contributed by atoms with Crippen LogP contribution in [-0.2, 0) is 39.3 Å². The Morgan fingerprint density at radius 2 is 0.754 bits per heavy atom. The average molecular weight is 996 g/mol. The van der Waals surface area contributed by atoms with Crippen LogP contribution < -0.4 is 0 Å². The van der Waals surface area contributed by atoms with Gasteiger partial charge in [0.1, 0.15) is 0 Å². The maximum absolute atomic E-state index is 7.80. The molecular weight excluding hydrogens is 909 g/mol. The van der Waals surface area contributed by atoms with Gasteiger partial charge in [-0.05, 0) is 185 Å². The predicted molar refractivity (Wildman–Crippen MR) is 275 cm³/mol. The molecule has 0 bridgehead atoms. The molecule has 1 rings (SSSR count). The monoisotopic (exact) mass is 994 g/mol. The van der Waals surface area contributed by atoms with Crippen LogP contribution in [0.1, 0.15) is 11.1 Å². The third-order valence-electron chi connectivity index (χ3n) is 8.06. The number of rotatable bonds is 29. The molecule has 0 aliphatic heterocycles. The summed E-state index contributed by atoms with van der Waals surface area (Å²) in [6.07, 6.45) is 2.74. The summed E-state index contributed by atoms with van der Waals surface area (Å²) in [6, 6.07) is 15.2. The van der Waals surface area contributed by atoms with Gasteiger partial charge in [0.2, 0.25) is 19.5 Å². The van der Waals surface area contributed by atoms with E-state index in [0.29, 0.717) is 19.5 Å². The predicted octanol–water partition coefficient (Wildman–Crippen LogP) is 12.7. The molecule has 0 spiro atoms. The largest absolute Gasteiger partial charge is 0.469 e. The van der Waals surface area contributed by atoms with E-state index in [1.807, 2.05) is 6.08 Å². The minimum atomic E-state index is -3.31.